The Hall–Kier alpha value is -3.43. The van der Waals surface area contributed by atoms with E-state index in [1.165, 1.54) is 38.5 Å². The Kier molecular flexibility index (Phi) is 5.27. The number of nitrogens with zero attached hydrogens (tertiary/aromatic N) is 2. The molecule has 0 fully saturated rings. The molecule has 154 valence electrons. The first-order valence-electron chi connectivity index (χ1n) is 11.0. The summed E-state index contributed by atoms with van der Waals surface area (Å²) in [4.78, 5) is 4.56. The van der Waals surface area contributed by atoms with Crippen LogP contribution in [0.1, 0.15) is 31.0 Å². The van der Waals surface area contributed by atoms with Crippen molar-refractivity contribution in [2.75, 3.05) is 0 Å². The molecular formula is C28H27N3. The molecule has 2 aromatic heterocycles. The van der Waals surface area contributed by atoms with Crippen LogP contribution in [-0.4, -0.2) is 9.55 Å². The molecular weight excluding hydrogens is 378 g/mol. The Morgan fingerprint density at radius 3 is 2.55 bits per heavy atom. The lowest BCUT2D eigenvalue weighted by atomic mass is 9.99. The minimum atomic E-state index is 0.270. The molecule has 0 aliphatic heterocycles. The maximum absolute atomic E-state index is 4.56. The lowest BCUT2D eigenvalue weighted by Gasteiger charge is -2.17. The molecule has 5 aromatic rings. The van der Waals surface area contributed by atoms with E-state index in [9.17, 15) is 0 Å². The number of aryl methyl sites for hydroxylation is 1. The molecule has 0 saturated heterocycles. The zero-order valence-electron chi connectivity index (χ0n) is 18.0. The van der Waals surface area contributed by atoms with E-state index in [-0.39, 0.29) is 6.04 Å². The largest absolute Gasteiger partial charge is 0.340 e. The molecule has 3 aromatic carbocycles. The van der Waals surface area contributed by atoms with E-state index >= 15 is 0 Å². The SMILES string of the molecule is CCn1c(-c2ccccn2)cc2cc(CNC(C)c3cccc4ccccc34)ccc21. The zero-order chi connectivity index (χ0) is 21.2. The summed E-state index contributed by atoms with van der Waals surface area (Å²) in [6.45, 7) is 6.18. The lowest BCUT2D eigenvalue weighted by molar-refractivity contribution is 0.578. The summed E-state index contributed by atoms with van der Waals surface area (Å²) < 4.78 is 2.34. The van der Waals surface area contributed by atoms with Crippen LogP contribution in [0.5, 0.6) is 0 Å². The van der Waals surface area contributed by atoms with Crippen LogP contribution in [0.2, 0.25) is 0 Å². The molecule has 0 spiro atoms. The molecule has 2 heterocycles. The maximum atomic E-state index is 4.56. The average molecular weight is 406 g/mol. The normalized spacial score (nSPS) is 12.5. The Morgan fingerprint density at radius 2 is 1.71 bits per heavy atom. The van der Waals surface area contributed by atoms with Gasteiger partial charge in [0.2, 0.25) is 0 Å². The number of benzene rings is 3. The minimum Gasteiger partial charge on any atom is -0.340 e. The average Bonchev–Trinajstić information content (AvgIpc) is 3.20. The van der Waals surface area contributed by atoms with E-state index in [1.807, 2.05) is 18.3 Å². The maximum Gasteiger partial charge on any atom is 0.0866 e. The van der Waals surface area contributed by atoms with Gasteiger partial charge in [0, 0.05) is 36.2 Å². The van der Waals surface area contributed by atoms with Gasteiger partial charge in [-0.3, -0.25) is 4.98 Å². The van der Waals surface area contributed by atoms with Crippen LogP contribution in [0.15, 0.2) is 91.1 Å². The lowest BCUT2D eigenvalue weighted by Crippen LogP contribution is -2.18. The van der Waals surface area contributed by atoms with Gasteiger partial charge in [-0.05, 0) is 66.1 Å². The van der Waals surface area contributed by atoms with Gasteiger partial charge in [0.15, 0.2) is 0 Å². The van der Waals surface area contributed by atoms with Crippen LogP contribution in [0.4, 0.5) is 0 Å². The highest BCUT2D eigenvalue weighted by molar-refractivity contribution is 5.87. The van der Waals surface area contributed by atoms with Crippen LogP contribution in [0, 0.1) is 0 Å². The van der Waals surface area contributed by atoms with Crippen LogP contribution >= 0.6 is 0 Å². The third-order valence-electron chi connectivity index (χ3n) is 6.11. The second kappa shape index (κ2) is 8.37. The molecule has 1 unspecified atom stereocenters. The van der Waals surface area contributed by atoms with Crippen LogP contribution in [0.25, 0.3) is 33.1 Å². The van der Waals surface area contributed by atoms with Crippen molar-refractivity contribution in [1.82, 2.24) is 14.9 Å². The van der Waals surface area contributed by atoms with Crippen molar-refractivity contribution < 1.29 is 0 Å². The first-order valence-corrected chi connectivity index (χ1v) is 11.0. The summed E-state index contributed by atoms with van der Waals surface area (Å²) in [5, 5.41) is 7.59. The Bertz CT molecular complexity index is 1330. The molecule has 0 aliphatic carbocycles. The third kappa shape index (κ3) is 3.73. The molecule has 0 aliphatic rings. The summed E-state index contributed by atoms with van der Waals surface area (Å²) in [6.07, 6.45) is 1.86. The predicted molar refractivity (Wildman–Crippen MR) is 130 cm³/mol. The number of hydrogen-bond acceptors (Lipinski definition) is 2. The molecule has 5 rings (SSSR count). The van der Waals surface area contributed by atoms with Crippen molar-refractivity contribution in [2.45, 2.75) is 33.0 Å². The number of fused-ring (bicyclic) bond motifs is 2. The summed E-state index contributed by atoms with van der Waals surface area (Å²) in [5.41, 5.74) is 6.08. The van der Waals surface area contributed by atoms with Gasteiger partial charge in [0.25, 0.3) is 0 Å². The van der Waals surface area contributed by atoms with Crippen LogP contribution < -0.4 is 5.32 Å². The van der Waals surface area contributed by atoms with Crippen molar-refractivity contribution in [1.29, 1.82) is 0 Å². The topological polar surface area (TPSA) is 29.9 Å². The van der Waals surface area contributed by atoms with Crippen molar-refractivity contribution >= 4 is 21.7 Å². The number of aromatic nitrogens is 2. The third-order valence-corrected chi connectivity index (χ3v) is 6.11. The minimum absolute atomic E-state index is 0.270. The highest BCUT2D eigenvalue weighted by Crippen LogP contribution is 2.28. The standard InChI is InChI=1S/C28H27N3/c1-3-31-27-15-14-21(17-23(27)18-28(31)26-13-6-7-16-29-26)19-30-20(2)24-12-8-10-22-9-4-5-11-25(22)24/h4-18,20,30H,3,19H2,1-2H3. The van der Waals surface area contributed by atoms with Gasteiger partial charge in [-0.15, -0.1) is 0 Å². The summed E-state index contributed by atoms with van der Waals surface area (Å²) in [5.74, 6) is 0. The van der Waals surface area contributed by atoms with Crippen molar-refractivity contribution in [2.24, 2.45) is 0 Å². The van der Waals surface area contributed by atoms with Gasteiger partial charge in [0.05, 0.1) is 11.4 Å². The van der Waals surface area contributed by atoms with Gasteiger partial charge < -0.3 is 9.88 Å². The van der Waals surface area contributed by atoms with Crippen molar-refractivity contribution in [3.05, 3.63) is 102 Å². The first kappa shape index (κ1) is 19.5. The van der Waals surface area contributed by atoms with Crippen LogP contribution in [-0.2, 0) is 13.1 Å². The molecule has 0 amide bonds. The number of rotatable bonds is 6. The second-order valence-corrected chi connectivity index (χ2v) is 8.05. The van der Waals surface area contributed by atoms with Gasteiger partial charge in [-0.25, -0.2) is 0 Å². The Labute approximate surface area is 183 Å². The molecule has 0 radical (unpaired) electrons. The summed E-state index contributed by atoms with van der Waals surface area (Å²) in [6, 6.07) is 30.5. The number of hydrogen-bond donors (Lipinski definition) is 1. The monoisotopic (exact) mass is 405 g/mol. The molecule has 1 atom stereocenters. The fourth-order valence-corrected chi connectivity index (χ4v) is 4.51. The molecule has 0 saturated carbocycles. The fourth-order valence-electron chi connectivity index (χ4n) is 4.51. The van der Waals surface area contributed by atoms with Gasteiger partial charge in [-0.2, -0.15) is 0 Å². The van der Waals surface area contributed by atoms with Crippen LogP contribution in [0.3, 0.4) is 0 Å². The second-order valence-electron chi connectivity index (χ2n) is 8.05. The van der Waals surface area contributed by atoms with Gasteiger partial charge >= 0.3 is 0 Å². The van der Waals surface area contributed by atoms with E-state index < -0.39 is 0 Å². The smallest absolute Gasteiger partial charge is 0.0866 e. The van der Waals surface area contributed by atoms with E-state index in [4.69, 9.17) is 0 Å². The van der Waals surface area contributed by atoms with E-state index in [0.717, 1.165) is 18.8 Å². The fraction of sp³-hybridized carbons (Fsp3) is 0.179. The van der Waals surface area contributed by atoms with E-state index in [1.54, 1.807) is 0 Å². The Morgan fingerprint density at radius 1 is 0.871 bits per heavy atom. The zero-order valence-corrected chi connectivity index (χ0v) is 18.0. The van der Waals surface area contributed by atoms with E-state index in [2.05, 4.69) is 102 Å². The quantitative estimate of drug-likeness (QED) is 0.339. The summed E-state index contributed by atoms with van der Waals surface area (Å²) in [7, 11) is 0. The number of pyridine rings is 1. The molecule has 0 bridgehead atoms. The molecule has 3 heteroatoms. The van der Waals surface area contributed by atoms with Gasteiger partial charge in [0.1, 0.15) is 0 Å². The Balaban J connectivity index is 1.41. The van der Waals surface area contributed by atoms with Gasteiger partial charge in [-0.1, -0.05) is 54.6 Å². The molecule has 1 N–H and O–H groups in total. The first-order chi connectivity index (χ1) is 15.2. The van der Waals surface area contributed by atoms with Crippen molar-refractivity contribution in [3.8, 4) is 11.4 Å². The predicted octanol–water partition coefficient (Wildman–Crippen LogP) is 6.73. The van der Waals surface area contributed by atoms with E-state index in [0.29, 0.717) is 0 Å². The van der Waals surface area contributed by atoms with Crippen molar-refractivity contribution in [3.63, 3.8) is 0 Å². The highest BCUT2D eigenvalue weighted by Gasteiger charge is 2.12. The highest BCUT2D eigenvalue weighted by atomic mass is 15.0. The number of nitrogens with one attached hydrogen (secondary N) is 1. The summed E-state index contributed by atoms with van der Waals surface area (Å²) >= 11 is 0. The molecule has 31 heavy (non-hydrogen) atoms. The molecule has 3 nitrogen and oxygen atoms in total.